The van der Waals surface area contributed by atoms with Crippen molar-refractivity contribution in [3.05, 3.63) is 23.0 Å². The Morgan fingerprint density at radius 1 is 1.37 bits per heavy atom. The Morgan fingerprint density at radius 3 is 2.84 bits per heavy atom. The molecule has 0 saturated carbocycles. The molecule has 0 aromatic heterocycles. The van der Waals surface area contributed by atoms with Gasteiger partial charge in [-0.25, -0.2) is 0 Å². The number of nitrogens with one attached hydrogen (secondary N) is 1. The predicted molar refractivity (Wildman–Crippen MR) is 80.9 cm³/mol. The summed E-state index contributed by atoms with van der Waals surface area (Å²) in [6.45, 7) is 4.94. The molecule has 5 heteroatoms. The van der Waals surface area contributed by atoms with Gasteiger partial charge in [-0.3, -0.25) is 4.79 Å². The van der Waals surface area contributed by atoms with Gasteiger partial charge in [0, 0.05) is 17.2 Å². The Balaban J connectivity index is 0.00000133. The van der Waals surface area contributed by atoms with Gasteiger partial charge < -0.3 is 10.1 Å². The molecule has 3 rings (SSSR count). The van der Waals surface area contributed by atoms with Gasteiger partial charge in [-0.2, -0.15) is 0 Å². The van der Waals surface area contributed by atoms with Crippen LogP contribution in [0.1, 0.15) is 26.2 Å². The van der Waals surface area contributed by atoms with Crippen molar-refractivity contribution in [2.45, 2.75) is 36.7 Å². The monoisotopic (exact) mass is 301 g/mol. The quantitative estimate of drug-likeness (QED) is 0.850. The van der Waals surface area contributed by atoms with Crippen LogP contribution in [0.2, 0.25) is 0 Å². The summed E-state index contributed by atoms with van der Waals surface area (Å²) in [6.07, 6.45) is 4.68. The molecule has 19 heavy (non-hydrogen) atoms. The van der Waals surface area contributed by atoms with Crippen molar-refractivity contribution >= 4 is 30.0 Å². The molecular formula is C14H20ClNO2S. The number of ketones is 1. The van der Waals surface area contributed by atoms with Gasteiger partial charge in [0.25, 0.3) is 0 Å². The highest BCUT2D eigenvalue weighted by Crippen LogP contribution is 2.39. The van der Waals surface area contributed by atoms with Gasteiger partial charge in [0.1, 0.15) is 6.61 Å². The van der Waals surface area contributed by atoms with Crippen LogP contribution in [0, 0.1) is 0 Å². The molecule has 0 radical (unpaired) electrons. The molecule has 3 nitrogen and oxygen atoms in total. The Labute approximate surface area is 124 Å². The zero-order chi connectivity index (χ0) is 12.5. The van der Waals surface area contributed by atoms with Crippen LogP contribution in [0.4, 0.5) is 0 Å². The van der Waals surface area contributed by atoms with Gasteiger partial charge in [0.2, 0.25) is 0 Å². The lowest BCUT2D eigenvalue weighted by Crippen LogP contribution is -2.33. The van der Waals surface area contributed by atoms with Crippen molar-refractivity contribution in [2.75, 3.05) is 19.7 Å². The number of carbonyl (C=O) groups excluding carboxylic acids is 1. The number of fused-ring (bicyclic) bond motifs is 1. The van der Waals surface area contributed by atoms with E-state index >= 15 is 0 Å². The number of rotatable bonds is 2. The summed E-state index contributed by atoms with van der Waals surface area (Å²) in [4.78, 5) is 12.3. The van der Waals surface area contributed by atoms with E-state index in [0.717, 1.165) is 18.7 Å². The zero-order valence-corrected chi connectivity index (χ0v) is 12.7. The molecule has 1 unspecified atom stereocenters. The highest BCUT2D eigenvalue weighted by atomic mass is 35.5. The molecule has 3 aliphatic rings. The fourth-order valence-electron chi connectivity index (χ4n) is 2.89. The van der Waals surface area contributed by atoms with Gasteiger partial charge in [0.15, 0.2) is 5.78 Å². The van der Waals surface area contributed by atoms with Gasteiger partial charge in [0.05, 0.1) is 11.5 Å². The van der Waals surface area contributed by atoms with Crippen molar-refractivity contribution in [1.29, 1.82) is 0 Å². The van der Waals surface area contributed by atoms with Gasteiger partial charge in [-0.15, -0.1) is 24.2 Å². The topological polar surface area (TPSA) is 38.3 Å². The first-order valence-electron chi connectivity index (χ1n) is 6.65. The third-order valence-electron chi connectivity index (χ3n) is 3.98. The van der Waals surface area contributed by atoms with E-state index in [2.05, 4.69) is 12.2 Å². The average Bonchev–Trinajstić information content (AvgIpc) is 2.84. The summed E-state index contributed by atoms with van der Waals surface area (Å²) < 4.78 is 5.36. The molecular weight excluding hydrogens is 282 g/mol. The molecule has 2 aliphatic heterocycles. The van der Waals surface area contributed by atoms with Crippen LogP contribution in [-0.2, 0) is 9.53 Å². The molecule has 1 saturated heterocycles. The van der Waals surface area contributed by atoms with E-state index < -0.39 is 0 Å². The lowest BCUT2D eigenvalue weighted by molar-refractivity contribution is -0.117. The van der Waals surface area contributed by atoms with E-state index in [1.165, 1.54) is 24.0 Å². The van der Waals surface area contributed by atoms with Crippen LogP contribution >= 0.6 is 24.2 Å². The van der Waals surface area contributed by atoms with E-state index in [1.807, 2.05) is 11.8 Å². The van der Waals surface area contributed by atoms with E-state index in [9.17, 15) is 4.79 Å². The van der Waals surface area contributed by atoms with Crippen molar-refractivity contribution in [3.63, 3.8) is 0 Å². The molecule has 106 valence electrons. The van der Waals surface area contributed by atoms with Gasteiger partial charge in [-0.05, 0) is 44.0 Å². The first kappa shape index (κ1) is 14.9. The van der Waals surface area contributed by atoms with Gasteiger partial charge >= 0.3 is 0 Å². The average molecular weight is 302 g/mol. The van der Waals surface area contributed by atoms with Crippen LogP contribution < -0.4 is 5.32 Å². The summed E-state index contributed by atoms with van der Waals surface area (Å²) in [5, 5.41) is 4.07. The van der Waals surface area contributed by atoms with E-state index in [4.69, 9.17) is 4.74 Å². The molecule has 1 fully saturated rings. The van der Waals surface area contributed by atoms with Crippen molar-refractivity contribution in [1.82, 2.24) is 5.32 Å². The second-order valence-electron chi connectivity index (χ2n) is 5.22. The largest absolute Gasteiger partial charge is 0.496 e. The second-order valence-corrected chi connectivity index (χ2v) is 6.63. The third-order valence-corrected chi connectivity index (χ3v) is 5.73. The van der Waals surface area contributed by atoms with Crippen LogP contribution in [0.5, 0.6) is 0 Å². The Hall–Kier alpha value is -0.450. The number of carbonyl (C=O) groups is 1. The standard InChI is InChI=1S/C14H19NO2S.ClH/c1-9-12-8-17-7-10(12)6-13(16)14(9)18-11-2-4-15-5-3-11;/h7,11,14-15H,2-6,8H2,1H3;1H. The lowest BCUT2D eigenvalue weighted by Gasteiger charge is -2.29. The number of piperidine rings is 1. The van der Waals surface area contributed by atoms with Gasteiger partial charge in [-0.1, -0.05) is 0 Å². The normalized spacial score (nSPS) is 27.5. The molecule has 1 N–H and O–H groups in total. The van der Waals surface area contributed by atoms with Crippen molar-refractivity contribution in [2.24, 2.45) is 0 Å². The summed E-state index contributed by atoms with van der Waals surface area (Å²) in [6, 6.07) is 0. The third kappa shape index (κ3) is 3.01. The Morgan fingerprint density at radius 2 is 2.11 bits per heavy atom. The molecule has 1 aliphatic carbocycles. The molecule has 0 amide bonds. The summed E-state index contributed by atoms with van der Waals surface area (Å²) >= 11 is 1.88. The lowest BCUT2D eigenvalue weighted by atomic mass is 9.89. The van der Waals surface area contributed by atoms with E-state index in [1.54, 1.807) is 6.26 Å². The fourth-order valence-corrected chi connectivity index (χ4v) is 4.36. The molecule has 1 atom stereocenters. The Bertz CT molecular complexity index is 427. The van der Waals surface area contributed by atoms with Crippen LogP contribution in [0.25, 0.3) is 0 Å². The minimum atomic E-state index is 0. The number of hydrogen-bond acceptors (Lipinski definition) is 4. The second kappa shape index (κ2) is 6.33. The highest BCUT2D eigenvalue weighted by molar-refractivity contribution is 8.01. The van der Waals surface area contributed by atoms with Crippen molar-refractivity contribution < 1.29 is 9.53 Å². The maximum absolute atomic E-state index is 12.3. The fraction of sp³-hybridized carbons (Fsp3) is 0.643. The molecule has 0 spiro atoms. The maximum atomic E-state index is 12.3. The number of thioether (sulfide) groups is 1. The van der Waals surface area contributed by atoms with Crippen molar-refractivity contribution in [3.8, 4) is 0 Å². The first-order valence-corrected chi connectivity index (χ1v) is 7.59. The van der Waals surface area contributed by atoms with Crippen LogP contribution in [0.15, 0.2) is 23.0 Å². The van der Waals surface area contributed by atoms with E-state index in [0.29, 0.717) is 24.1 Å². The first-order chi connectivity index (χ1) is 8.75. The molecule has 0 aromatic carbocycles. The molecule has 2 heterocycles. The number of Topliss-reactive ketones (excluding diaryl/α,β-unsaturated/α-hetero) is 1. The smallest absolute Gasteiger partial charge is 0.154 e. The summed E-state index contributed by atoms with van der Waals surface area (Å²) in [5.41, 5.74) is 3.62. The number of ether oxygens (including phenoxy) is 1. The van der Waals surface area contributed by atoms with Crippen LogP contribution in [-0.4, -0.2) is 36.0 Å². The highest BCUT2D eigenvalue weighted by Gasteiger charge is 2.34. The SMILES string of the molecule is CC1=C2COC=C2CC(=O)C1SC1CCNCC1.Cl. The zero-order valence-electron chi connectivity index (χ0n) is 11.1. The Kier molecular flexibility index (Phi) is 4.98. The van der Waals surface area contributed by atoms with E-state index in [-0.39, 0.29) is 17.7 Å². The summed E-state index contributed by atoms with van der Waals surface area (Å²) in [5.74, 6) is 0.358. The molecule has 0 aromatic rings. The number of hydrogen-bond donors (Lipinski definition) is 1. The maximum Gasteiger partial charge on any atom is 0.154 e. The van der Waals surface area contributed by atoms with Crippen LogP contribution in [0.3, 0.4) is 0 Å². The predicted octanol–water partition coefficient (Wildman–Crippen LogP) is 2.47. The minimum absolute atomic E-state index is 0. The summed E-state index contributed by atoms with van der Waals surface area (Å²) in [7, 11) is 0. The number of halogens is 1. The molecule has 0 bridgehead atoms. The minimum Gasteiger partial charge on any atom is -0.496 e.